The van der Waals surface area contributed by atoms with Crippen LogP contribution in [0.15, 0.2) is 60.7 Å². The molecule has 0 aromatic heterocycles. The van der Waals surface area contributed by atoms with Crippen LogP contribution in [0.2, 0.25) is 0 Å². The molecule has 3 N–H and O–H groups in total. The third-order valence-electron chi connectivity index (χ3n) is 4.53. The lowest BCUT2D eigenvalue weighted by Gasteiger charge is -2.21. The predicted octanol–water partition coefficient (Wildman–Crippen LogP) is 1.91. The number of hydrogen-bond acceptors (Lipinski definition) is 6. The fourth-order valence-electron chi connectivity index (χ4n) is 2.73. The van der Waals surface area contributed by atoms with Crippen LogP contribution in [0.4, 0.5) is 4.79 Å². The number of rotatable bonds is 11. The minimum absolute atomic E-state index is 0.0713. The van der Waals surface area contributed by atoms with Gasteiger partial charge in [0.25, 0.3) is 0 Å². The standard InChI is InChI=1S/C24H29N3O6/c1-17(2)22(27-24(31)33-16-19-11-7-4-8-12-19)23(30)26-13-20(28)25-14-21(29)32-15-18-9-5-3-6-10-18/h3-12,17,22H,13-16H2,1-2H3,(H,25,28)(H,26,30)(H,27,31). The number of esters is 1. The van der Waals surface area contributed by atoms with Gasteiger partial charge in [-0.3, -0.25) is 14.4 Å². The molecular formula is C24H29N3O6. The average Bonchev–Trinajstić information content (AvgIpc) is 2.83. The normalized spacial score (nSPS) is 11.2. The number of amides is 3. The van der Waals surface area contributed by atoms with Gasteiger partial charge in [-0.15, -0.1) is 0 Å². The van der Waals surface area contributed by atoms with Crippen molar-refractivity contribution < 1.29 is 28.7 Å². The van der Waals surface area contributed by atoms with E-state index in [1.807, 2.05) is 60.7 Å². The molecular weight excluding hydrogens is 426 g/mol. The zero-order valence-corrected chi connectivity index (χ0v) is 18.7. The largest absolute Gasteiger partial charge is 0.460 e. The van der Waals surface area contributed by atoms with Crippen LogP contribution < -0.4 is 16.0 Å². The molecule has 2 rings (SSSR count). The molecule has 2 aromatic carbocycles. The van der Waals surface area contributed by atoms with Gasteiger partial charge in [-0.25, -0.2) is 4.79 Å². The smallest absolute Gasteiger partial charge is 0.408 e. The molecule has 176 valence electrons. The first kappa shape index (κ1) is 25.4. The van der Waals surface area contributed by atoms with Crippen molar-refractivity contribution in [2.75, 3.05) is 13.1 Å². The number of hydrogen-bond donors (Lipinski definition) is 3. The number of carbonyl (C=O) groups excluding carboxylic acids is 4. The first-order chi connectivity index (χ1) is 15.8. The fourth-order valence-corrected chi connectivity index (χ4v) is 2.73. The highest BCUT2D eigenvalue weighted by Gasteiger charge is 2.25. The lowest BCUT2D eigenvalue weighted by molar-refractivity contribution is -0.145. The van der Waals surface area contributed by atoms with Crippen molar-refractivity contribution in [3.63, 3.8) is 0 Å². The van der Waals surface area contributed by atoms with E-state index in [-0.39, 0.29) is 32.2 Å². The van der Waals surface area contributed by atoms with Gasteiger partial charge in [0, 0.05) is 0 Å². The second kappa shape index (κ2) is 13.5. The average molecular weight is 456 g/mol. The number of carbonyl (C=O) groups is 4. The van der Waals surface area contributed by atoms with Crippen LogP contribution in [0.25, 0.3) is 0 Å². The Kier molecular flexibility index (Phi) is 10.4. The lowest BCUT2D eigenvalue weighted by Crippen LogP contribution is -2.51. The van der Waals surface area contributed by atoms with Gasteiger partial charge in [-0.2, -0.15) is 0 Å². The van der Waals surface area contributed by atoms with E-state index in [9.17, 15) is 19.2 Å². The molecule has 0 heterocycles. The SMILES string of the molecule is CC(C)C(NC(=O)OCc1ccccc1)C(=O)NCC(=O)NCC(=O)OCc1ccccc1. The molecule has 0 saturated heterocycles. The van der Waals surface area contributed by atoms with Crippen molar-refractivity contribution in [3.05, 3.63) is 71.8 Å². The summed E-state index contributed by atoms with van der Waals surface area (Å²) in [5.74, 6) is -1.94. The Bertz CT molecular complexity index is 918. The summed E-state index contributed by atoms with van der Waals surface area (Å²) in [5.41, 5.74) is 1.65. The maximum absolute atomic E-state index is 12.4. The molecule has 0 radical (unpaired) electrons. The number of alkyl carbamates (subject to hydrolysis) is 1. The molecule has 0 spiro atoms. The molecule has 0 fully saturated rings. The van der Waals surface area contributed by atoms with Crippen molar-refractivity contribution in [2.24, 2.45) is 5.92 Å². The Hall–Kier alpha value is -3.88. The van der Waals surface area contributed by atoms with Gasteiger partial charge >= 0.3 is 12.1 Å². The van der Waals surface area contributed by atoms with Crippen molar-refractivity contribution in [1.82, 2.24) is 16.0 Å². The van der Waals surface area contributed by atoms with E-state index in [2.05, 4.69) is 16.0 Å². The summed E-state index contributed by atoms with van der Waals surface area (Å²) >= 11 is 0. The highest BCUT2D eigenvalue weighted by atomic mass is 16.5. The summed E-state index contributed by atoms with van der Waals surface area (Å²) in [4.78, 5) is 48.2. The molecule has 0 aliphatic carbocycles. The van der Waals surface area contributed by atoms with Gasteiger partial charge in [-0.1, -0.05) is 74.5 Å². The Morgan fingerprint density at radius 1 is 0.758 bits per heavy atom. The quantitative estimate of drug-likeness (QED) is 0.445. The van der Waals surface area contributed by atoms with Gasteiger partial charge in [0.05, 0.1) is 6.54 Å². The lowest BCUT2D eigenvalue weighted by atomic mass is 10.0. The summed E-state index contributed by atoms with van der Waals surface area (Å²) in [6.07, 6.45) is -0.738. The molecule has 0 aliphatic heterocycles. The van der Waals surface area contributed by atoms with E-state index < -0.39 is 29.9 Å². The molecule has 1 unspecified atom stereocenters. The summed E-state index contributed by atoms with van der Waals surface area (Å²) in [5, 5.41) is 7.35. The molecule has 3 amide bonds. The van der Waals surface area contributed by atoms with Crippen LogP contribution in [0.5, 0.6) is 0 Å². The summed E-state index contributed by atoms with van der Waals surface area (Å²) in [7, 11) is 0. The molecule has 0 saturated carbocycles. The van der Waals surface area contributed by atoms with Crippen molar-refractivity contribution in [1.29, 1.82) is 0 Å². The maximum atomic E-state index is 12.4. The predicted molar refractivity (Wildman–Crippen MR) is 121 cm³/mol. The van der Waals surface area contributed by atoms with E-state index >= 15 is 0 Å². The summed E-state index contributed by atoms with van der Waals surface area (Å²) < 4.78 is 10.2. The number of benzene rings is 2. The van der Waals surface area contributed by atoms with Crippen molar-refractivity contribution in [2.45, 2.75) is 33.1 Å². The van der Waals surface area contributed by atoms with Crippen LogP contribution in [0.1, 0.15) is 25.0 Å². The maximum Gasteiger partial charge on any atom is 0.408 e. The summed E-state index contributed by atoms with van der Waals surface area (Å²) in [6.45, 7) is 3.01. The third kappa shape index (κ3) is 9.86. The van der Waals surface area contributed by atoms with E-state index in [0.29, 0.717) is 0 Å². The first-order valence-corrected chi connectivity index (χ1v) is 10.6. The molecule has 9 nitrogen and oxygen atoms in total. The third-order valence-corrected chi connectivity index (χ3v) is 4.53. The Balaban J connectivity index is 1.69. The van der Waals surface area contributed by atoms with Crippen LogP contribution in [0, 0.1) is 5.92 Å². The van der Waals surface area contributed by atoms with Gasteiger partial charge in [0.15, 0.2) is 0 Å². The van der Waals surface area contributed by atoms with E-state index in [4.69, 9.17) is 9.47 Å². The van der Waals surface area contributed by atoms with Gasteiger partial charge in [0.2, 0.25) is 11.8 Å². The van der Waals surface area contributed by atoms with Crippen molar-refractivity contribution in [3.8, 4) is 0 Å². The monoisotopic (exact) mass is 455 g/mol. The molecule has 0 bridgehead atoms. The van der Waals surface area contributed by atoms with Crippen LogP contribution in [-0.4, -0.2) is 43.0 Å². The molecule has 0 aliphatic rings. The second-order valence-corrected chi connectivity index (χ2v) is 7.57. The van der Waals surface area contributed by atoms with E-state index in [0.717, 1.165) is 11.1 Å². The molecule has 1 atom stereocenters. The Labute approximate surface area is 192 Å². The molecule has 2 aromatic rings. The topological polar surface area (TPSA) is 123 Å². The highest BCUT2D eigenvalue weighted by molar-refractivity contribution is 5.90. The van der Waals surface area contributed by atoms with Gasteiger partial charge < -0.3 is 25.4 Å². The number of ether oxygens (including phenoxy) is 2. The van der Waals surface area contributed by atoms with Crippen LogP contribution in [-0.2, 0) is 37.1 Å². The van der Waals surface area contributed by atoms with Gasteiger partial charge in [-0.05, 0) is 17.0 Å². The zero-order valence-electron chi connectivity index (χ0n) is 18.7. The van der Waals surface area contributed by atoms with Crippen LogP contribution >= 0.6 is 0 Å². The zero-order chi connectivity index (χ0) is 24.1. The van der Waals surface area contributed by atoms with Gasteiger partial charge in [0.1, 0.15) is 25.8 Å². The Morgan fingerprint density at radius 3 is 1.85 bits per heavy atom. The first-order valence-electron chi connectivity index (χ1n) is 10.6. The van der Waals surface area contributed by atoms with Crippen molar-refractivity contribution >= 4 is 23.9 Å². The minimum Gasteiger partial charge on any atom is -0.460 e. The minimum atomic E-state index is -0.892. The van der Waals surface area contributed by atoms with E-state index in [1.54, 1.807) is 13.8 Å². The highest BCUT2D eigenvalue weighted by Crippen LogP contribution is 2.05. The Morgan fingerprint density at radius 2 is 1.30 bits per heavy atom. The van der Waals surface area contributed by atoms with Crippen LogP contribution in [0.3, 0.4) is 0 Å². The number of nitrogens with one attached hydrogen (secondary N) is 3. The van der Waals surface area contributed by atoms with E-state index in [1.165, 1.54) is 0 Å². The summed E-state index contributed by atoms with van der Waals surface area (Å²) in [6, 6.07) is 17.4. The molecule has 9 heteroatoms. The molecule has 33 heavy (non-hydrogen) atoms. The second-order valence-electron chi connectivity index (χ2n) is 7.57. The fraction of sp³-hybridized carbons (Fsp3) is 0.333.